The summed E-state index contributed by atoms with van der Waals surface area (Å²) in [6, 6.07) is 5.75. The second-order valence-corrected chi connectivity index (χ2v) is 6.50. The summed E-state index contributed by atoms with van der Waals surface area (Å²) in [7, 11) is 0. The highest BCUT2D eigenvalue weighted by Crippen LogP contribution is 2.33. The molecule has 0 aliphatic heterocycles. The van der Waals surface area contributed by atoms with E-state index in [-0.39, 0.29) is 11.0 Å². The lowest BCUT2D eigenvalue weighted by molar-refractivity contribution is 0.0699. The molecule has 2 aromatic rings. The van der Waals surface area contributed by atoms with Gasteiger partial charge in [0.15, 0.2) is 0 Å². The van der Waals surface area contributed by atoms with Crippen molar-refractivity contribution in [3.63, 3.8) is 0 Å². The highest BCUT2D eigenvalue weighted by molar-refractivity contribution is 6.01. The van der Waals surface area contributed by atoms with Crippen LogP contribution in [-0.2, 0) is 5.41 Å². The molecule has 0 unspecified atom stereocenters. The largest absolute Gasteiger partial charge is 0.478 e. The van der Waals surface area contributed by atoms with Crippen molar-refractivity contribution in [3.8, 4) is 0 Å². The van der Waals surface area contributed by atoms with Gasteiger partial charge >= 0.3 is 5.97 Å². The van der Waals surface area contributed by atoms with E-state index in [0.717, 1.165) is 24.2 Å². The van der Waals surface area contributed by atoms with Gasteiger partial charge in [-0.15, -0.1) is 0 Å². The van der Waals surface area contributed by atoms with Crippen molar-refractivity contribution in [1.29, 1.82) is 0 Å². The number of aromatic nitrogens is 2. The van der Waals surface area contributed by atoms with Gasteiger partial charge in [-0.05, 0) is 25.0 Å². The van der Waals surface area contributed by atoms with E-state index < -0.39 is 5.97 Å². The van der Waals surface area contributed by atoms with Gasteiger partial charge in [-0.3, -0.25) is 0 Å². The number of rotatable bonds is 4. The van der Waals surface area contributed by atoms with E-state index in [2.05, 4.69) is 39.2 Å². The van der Waals surface area contributed by atoms with Crippen LogP contribution in [0.5, 0.6) is 0 Å². The van der Waals surface area contributed by atoms with Crippen LogP contribution in [0, 0.1) is 0 Å². The van der Waals surface area contributed by atoms with Gasteiger partial charge in [0, 0.05) is 11.5 Å². The second kappa shape index (κ2) is 5.51. The van der Waals surface area contributed by atoms with Gasteiger partial charge in [-0.25, -0.2) is 9.78 Å². The zero-order chi connectivity index (χ0) is 15.8. The number of hydrogen-bond acceptors (Lipinski definition) is 2. The molecule has 0 amide bonds. The maximum Gasteiger partial charge on any atom is 0.337 e. The number of para-hydroxylation sites is 1. The molecule has 4 heteroatoms. The van der Waals surface area contributed by atoms with Crippen molar-refractivity contribution < 1.29 is 9.90 Å². The molecule has 21 heavy (non-hydrogen) atoms. The Morgan fingerprint density at radius 2 is 1.90 bits per heavy atom. The van der Waals surface area contributed by atoms with Crippen LogP contribution in [0.2, 0.25) is 0 Å². The van der Waals surface area contributed by atoms with Crippen LogP contribution in [0.25, 0.3) is 11.0 Å². The number of imidazole rings is 1. The maximum absolute atomic E-state index is 11.4. The molecule has 0 radical (unpaired) electrons. The second-order valence-electron chi connectivity index (χ2n) is 6.50. The minimum Gasteiger partial charge on any atom is -0.478 e. The summed E-state index contributed by atoms with van der Waals surface area (Å²) < 4.78 is 2.24. The standard InChI is InChI=1S/C17H24N2O2/c1-6-11(7-2)19-13-10-8-9-12(15(20)21)14(13)18-16(19)17(3,4)5/h8-11H,6-7H2,1-5H3,(H,20,21). The van der Waals surface area contributed by atoms with E-state index >= 15 is 0 Å². The van der Waals surface area contributed by atoms with Crippen molar-refractivity contribution in [2.75, 3.05) is 0 Å². The summed E-state index contributed by atoms with van der Waals surface area (Å²) in [6.45, 7) is 10.7. The number of carboxylic acids is 1. The first kappa shape index (κ1) is 15.5. The van der Waals surface area contributed by atoms with Crippen molar-refractivity contribution in [2.24, 2.45) is 0 Å². The fourth-order valence-corrected chi connectivity index (χ4v) is 2.84. The van der Waals surface area contributed by atoms with Gasteiger partial charge in [0.1, 0.15) is 11.3 Å². The van der Waals surface area contributed by atoms with Gasteiger partial charge in [0.25, 0.3) is 0 Å². The fraction of sp³-hybridized carbons (Fsp3) is 0.529. The Morgan fingerprint density at radius 3 is 2.38 bits per heavy atom. The van der Waals surface area contributed by atoms with E-state index in [1.54, 1.807) is 12.1 Å². The predicted octanol–water partition coefficient (Wildman–Crippen LogP) is 4.39. The molecule has 1 aromatic heterocycles. The topological polar surface area (TPSA) is 55.1 Å². The Morgan fingerprint density at radius 1 is 1.29 bits per heavy atom. The van der Waals surface area contributed by atoms with E-state index in [9.17, 15) is 9.90 Å². The summed E-state index contributed by atoms with van der Waals surface area (Å²) in [5, 5.41) is 9.39. The van der Waals surface area contributed by atoms with E-state index in [1.807, 2.05) is 6.07 Å². The SMILES string of the molecule is CCC(CC)n1c(C(C)(C)C)nc2c(C(=O)O)cccc21. The number of carboxylic acid groups (broad SMARTS) is 1. The van der Waals surface area contributed by atoms with Gasteiger partial charge in [-0.1, -0.05) is 40.7 Å². The van der Waals surface area contributed by atoms with Crippen molar-refractivity contribution >= 4 is 17.0 Å². The average Bonchev–Trinajstić information content (AvgIpc) is 2.79. The summed E-state index contributed by atoms with van der Waals surface area (Å²) in [5.41, 5.74) is 1.68. The van der Waals surface area contributed by atoms with E-state index in [1.165, 1.54) is 0 Å². The number of hydrogen-bond donors (Lipinski definition) is 1. The highest BCUT2D eigenvalue weighted by atomic mass is 16.4. The van der Waals surface area contributed by atoms with Gasteiger partial charge in [0.2, 0.25) is 0 Å². The number of benzene rings is 1. The smallest absolute Gasteiger partial charge is 0.337 e. The lowest BCUT2D eigenvalue weighted by atomic mass is 9.95. The number of fused-ring (bicyclic) bond motifs is 1. The number of aromatic carboxylic acids is 1. The molecule has 0 aliphatic rings. The Labute approximate surface area is 125 Å². The van der Waals surface area contributed by atoms with E-state index in [4.69, 9.17) is 4.98 Å². The molecule has 0 saturated carbocycles. The van der Waals surface area contributed by atoms with Crippen LogP contribution in [-0.4, -0.2) is 20.6 Å². The Kier molecular flexibility index (Phi) is 4.08. The average molecular weight is 288 g/mol. The third kappa shape index (κ3) is 2.67. The molecule has 2 rings (SSSR count). The van der Waals surface area contributed by atoms with Gasteiger partial charge < -0.3 is 9.67 Å². The van der Waals surface area contributed by atoms with Gasteiger partial charge in [0.05, 0.1) is 11.1 Å². The lowest BCUT2D eigenvalue weighted by Crippen LogP contribution is -2.21. The number of carbonyl (C=O) groups is 1. The molecule has 1 N–H and O–H groups in total. The Hall–Kier alpha value is -1.84. The minimum atomic E-state index is -0.921. The zero-order valence-electron chi connectivity index (χ0n) is 13.5. The molecule has 0 atom stereocenters. The van der Waals surface area contributed by atoms with E-state index in [0.29, 0.717) is 11.6 Å². The van der Waals surface area contributed by atoms with Crippen LogP contribution in [0.1, 0.15) is 69.7 Å². The summed E-state index contributed by atoms with van der Waals surface area (Å²) in [5.74, 6) is 0.0372. The van der Waals surface area contributed by atoms with Crippen molar-refractivity contribution in [1.82, 2.24) is 9.55 Å². The molecule has 0 bridgehead atoms. The summed E-state index contributed by atoms with van der Waals surface area (Å²) in [6.07, 6.45) is 2.00. The molecule has 114 valence electrons. The third-order valence-corrected chi connectivity index (χ3v) is 3.93. The Balaban J connectivity index is 2.85. The molecule has 4 nitrogen and oxygen atoms in total. The van der Waals surface area contributed by atoms with Crippen LogP contribution in [0.4, 0.5) is 0 Å². The summed E-state index contributed by atoms with van der Waals surface area (Å²) in [4.78, 5) is 16.1. The van der Waals surface area contributed by atoms with Crippen LogP contribution in [0.15, 0.2) is 18.2 Å². The molecule has 0 fully saturated rings. The molecule has 0 aliphatic carbocycles. The molecule has 1 heterocycles. The molecular formula is C17H24N2O2. The molecule has 0 spiro atoms. The van der Waals surface area contributed by atoms with Crippen molar-refractivity contribution in [3.05, 3.63) is 29.6 Å². The molecule has 0 saturated heterocycles. The van der Waals surface area contributed by atoms with Crippen LogP contribution < -0.4 is 0 Å². The maximum atomic E-state index is 11.4. The van der Waals surface area contributed by atoms with Gasteiger partial charge in [-0.2, -0.15) is 0 Å². The zero-order valence-corrected chi connectivity index (χ0v) is 13.5. The van der Waals surface area contributed by atoms with Crippen LogP contribution >= 0.6 is 0 Å². The Bertz CT molecular complexity index is 661. The monoisotopic (exact) mass is 288 g/mol. The molecular weight excluding hydrogens is 264 g/mol. The molecule has 1 aromatic carbocycles. The highest BCUT2D eigenvalue weighted by Gasteiger charge is 2.27. The predicted molar refractivity (Wildman–Crippen MR) is 85.0 cm³/mol. The quantitative estimate of drug-likeness (QED) is 0.907. The first-order valence-electron chi connectivity index (χ1n) is 7.56. The summed E-state index contributed by atoms with van der Waals surface area (Å²) >= 11 is 0. The number of nitrogens with zero attached hydrogens (tertiary/aromatic N) is 2. The minimum absolute atomic E-state index is 0.128. The first-order valence-corrected chi connectivity index (χ1v) is 7.56. The van der Waals surface area contributed by atoms with Crippen molar-refractivity contribution in [2.45, 2.75) is 58.9 Å². The third-order valence-electron chi connectivity index (χ3n) is 3.93. The first-order chi connectivity index (χ1) is 9.81. The lowest BCUT2D eigenvalue weighted by Gasteiger charge is -2.25. The van der Waals surface area contributed by atoms with Crippen LogP contribution in [0.3, 0.4) is 0 Å². The fourth-order valence-electron chi connectivity index (χ4n) is 2.84. The normalized spacial score (nSPS) is 12.3.